The van der Waals surface area contributed by atoms with Crippen LogP contribution in [0.1, 0.15) is 13.8 Å². The van der Waals surface area contributed by atoms with E-state index in [1.165, 1.54) is 6.92 Å². The Balaban J connectivity index is 3.14. The second-order valence-corrected chi connectivity index (χ2v) is 1.89. The molecule has 0 spiro atoms. The molecule has 0 heterocycles. The number of halogens is 1. The predicted octanol–water partition coefficient (Wildman–Crippen LogP) is 0.939. The van der Waals surface area contributed by atoms with E-state index in [4.69, 9.17) is 5.73 Å². The molecule has 0 radical (unpaired) electrons. The molecule has 7 heavy (non-hydrogen) atoms. The number of alkyl halides is 1. The summed E-state index contributed by atoms with van der Waals surface area (Å²) >= 11 is 0. The van der Waals surface area contributed by atoms with Crippen LogP contribution in [-0.4, -0.2) is 12.7 Å². The highest BCUT2D eigenvalue weighted by atomic mass is 19.1. The molecule has 2 atom stereocenters. The van der Waals surface area contributed by atoms with Crippen LogP contribution in [0.25, 0.3) is 0 Å². The summed E-state index contributed by atoms with van der Waals surface area (Å²) in [5.74, 6) is 0.0139. The van der Waals surface area contributed by atoms with Gasteiger partial charge >= 0.3 is 0 Å². The fourth-order valence-electron chi connectivity index (χ4n) is 0.188. The highest BCUT2D eigenvalue weighted by Crippen LogP contribution is 2.02. The second-order valence-electron chi connectivity index (χ2n) is 1.89. The molecular weight excluding hydrogens is 93.1 g/mol. The Labute approximate surface area is 43.7 Å². The average Bonchev–Trinajstić information content (AvgIpc) is 1.65. The molecule has 0 aliphatic carbocycles. The Kier molecular flexibility index (Phi) is 2.92. The fourth-order valence-corrected chi connectivity index (χ4v) is 0.188. The summed E-state index contributed by atoms with van der Waals surface area (Å²) in [6, 6.07) is 0. The molecule has 0 saturated heterocycles. The zero-order valence-electron chi connectivity index (χ0n) is 4.82. The van der Waals surface area contributed by atoms with Crippen molar-refractivity contribution in [2.24, 2.45) is 11.7 Å². The van der Waals surface area contributed by atoms with Crippen LogP contribution < -0.4 is 5.73 Å². The van der Waals surface area contributed by atoms with Crippen molar-refractivity contribution in [3.05, 3.63) is 0 Å². The van der Waals surface area contributed by atoms with Gasteiger partial charge in [-0.1, -0.05) is 6.92 Å². The zero-order valence-corrected chi connectivity index (χ0v) is 4.82. The lowest BCUT2D eigenvalue weighted by Crippen LogP contribution is -2.18. The van der Waals surface area contributed by atoms with Gasteiger partial charge in [0.05, 0.1) is 0 Å². The van der Waals surface area contributed by atoms with E-state index in [2.05, 4.69) is 0 Å². The SMILES string of the molecule is CC(F)C(C)CN. The van der Waals surface area contributed by atoms with Gasteiger partial charge in [-0.2, -0.15) is 0 Å². The van der Waals surface area contributed by atoms with Crippen molar-refractivity contribution < 1.29 is 4.39 Å². The van der Waals surface area contributed by atoms with Gasteiger partial charge in [-0.25, -0.2) is 4.39 Å². The van der Waals surface area contributed by atoms with Gasteiger partial charge in [0.1, 0.15) is 6.17 Å². The van der Waals surface area contributed by atoms with Crippen molar-refractivity contribution in [3.8, 4) is 0 Å². The molecule has 0 amide bonds. The lowest BCUT2D eigenvalue weighted by Gasteiger charge is -2.06. The smallest absolute Gasteiger partial charge is 0.101 e. The minimum atomic E-state index is -0.759. The minimum Gasteiger partial charge on any atom is -0.330 e. The third-order valence-electron chi connectivity index (χ3n) is 1.16. The van der Waals surface area contributed by atoms with Crippen molar-refractivity contribution in [2.75, 3.05) is 6.54 Å². The summed E-state index contributed by atoms with van der Waals surface area (Å²) in [5.41, 5.74) is 5.13. The average molecular weight is 105 g/mol. The van der Waals surface area contributed by atoms with E-state index in [-0.39, 0.29) is 5.92 Å². The molecule has 0 aromatic rings. The van der Waals surface area contributed by atoms with Gasteiger partial charge < -0.3 is 5.73 Å². The largest absolute Gasteiger partial charge is 0.330 e. The van der Waals surface area contributed by atoms with E-state index in [1.54, 1.807) is 6.92 Å². The van der Waals surface area contributed by atoms with Crippen LogP contribution in [0.15, 0.2) is 0 Å². The first-order valence-corrected chi connectivity index (χ1v) is 2.52. The number of nitrogens with two attached hydrogens (primary N) is 1. The Morgan fingerprint density at radius 2 is 2.00 bits per heavy atom. The molecule has 0 fully saturated rings. The summed E-state index contributed by atoms with van der Waals surface area (Å²) in [5, 5.41) is 0. The molecule has 0 aliphatic heterocycles. The lowest BCUT2D eigenvalue weighted by atomic mass is 10.1. The van der Waals surface area contributed by atoms with Crippen LogP contribution in [0.2, 0.25) is 0 Å². The van der Waals surface area contributed by atoms with Crippen molar-refractivity contribution in [2.45, 2.75) is 20.0 Å². The topological polar surface area (TPSA) is 26.0 Å². The number of hydrogen-bond donors (Lipinski definition) is 1. The van der Waals surface area contributed by atoms with E-state index in [0.29, 0.717) is 6.54 Å². The Bertz CT molecular complexity index is 45.3. The quantitative estimate of drug-likeness (QED) is 0.555. The minimum absolute atomic E-state index is 0.0139. The predicted molar refractivity (Wildman–Crippen MR) is 28.8 cm³/mol. The maximum Gasteiger partial charge on any atom is 0.101 e. The van der Waals surface area contributed by atoms with E-state index >= 15 is 0 Å². The van der Waals surface area contributed by atoms with Crippen molar-refractivity contribution >= 4 is 0 Å². The molecule has 2 heteroatoms. The zero-order chi connectivity index (χ0) is 5.86. The Hall–Kier alpha value is -0.110. The van der Waals surface area contributed by atoms with E-state index in [9.17, 15) is 4.39 Å². The molecule has 0 bridgehead atoms. The summed E-state index contributed by atoms with van der Waals surface area (Å²) in [6.07, 6.45) is -0.759. The van der Waals surface area contributed by atoms with Crippen LogP contribution in [0, 0.1) is 5.92 Å². The van der Waals surface area contributed by atoms with Gasteiger partial charge in [0.25, 0.3) is 0 Å². The molecular formula is C5H12FN. The first kappa shape index (κ1) is 6.89. The molecule has 0 aromatic carbocycles. The highest BCUT2D eigenvalue weighted by molar-refractivity contribution is 4.58. The van der Waals surface area contributed by atoms with Gasteiger partial charge in [-0.3, -0.25) is 0 Å². The summed E-state index contributed by atoms with van der Waals surface area (Å²) in [4.78, 5) is 0. The van der Waals surface area contributed by atoms with E-state index in [1.807, 2.05) is 0 Å². The first-order valence-electron chi connectivity index (χ1n) is 2.52. The highest BCUT2D eigenvalue weighted by Gasteiger charge is 2.05. The maximum absolute atomic E-state index is 12.0. The molecule has 1 nitrogen and oxygen atoms in total. The van der Waals surface area contributed by atoms with Gasteiger partial charge in [-0.05, 0) is 19.4 Å². The van der Waals surface area contributed by atoms with Crippen LogP contribution in [0.5, 0.6) is 0 Å². The fraction of sp³-hybridized carbons (Fsp3) is 1.00. The van der Waals surface area contributed by atoms with E-state index < -0.39 is 6.17 Å². The third-order valence-corrected chi connectivity index (χ3v) is 1.16. The normalized spacial score (nSPS) is 18.9. The van der Waals surface area contributed by atoms with Crippen LogP contribution >= 0.6 is 0 Å². The standard InChI is InChI=1S/C5H12FN/c1-4(3-7)5(2)6/h4-5H,3,7H2,1-2H3. The molecule has 0 saturated carbocycles. The number of hydrogen-bond acceptors (Lipinski definition) is 1. The van der Waals surface area contributed by atoms with Crippen LogP contribution in [0.3, 0.4) is 0 Å². The molecule has 2 N–H and O–H groups in total. The lowest BCUT2D eigenvalue weighted by molar-refractivity contribution is 0.269. The molecule has 2 unspecified atom stereocenters. The van der Waals surface area contributed by atoms with Crippen molar-refractivity contribution in [1.29, 1.82) is 0 Å². The van der Waals surface area contributed by atoms with Gasteiger partial charge in [0, 0.05) is 0 Å². The monoisotopic (exact) mass is 105 g/mol. The van der Waals surface area contributed by atoms with E-state index in [0.717, 1.165) is 0 Å². The van der Waals surface area contributed by atoms with Crippen LogP contribution in [-0.2, 0) is 0 Å². The first-order chi connectivity index (χ1) is 3.18. The third kappa shape index (κ3) is 2.57. The molecule has 0 rings (SSSR count). The summed E-state index contributed by atoms with van der Waals surface area (Å²) in [7, 11) is 0. The van der Waals surface area contributed by atoms with Gasteiger partial charge in [0.15, 0.2) is 0 Å². The van der Waals surface area contributed by atoms with Crippen molar-refractivity contribution in [3.63, 3.8) is 0 Å². The van der Waals surface area contributed by atoms with Gasteiger partial charge in [0.2, 0.25) is 0 Å². The van der Waals surface area contributed by atoms with Crippen molar-refractivity contribution in [1.82, 2.24) is 0 Å². The summed E-state index contributed by atoms with van der Waals surface area (Å²) < 4.78 is 12.0. The second kappa shape index (κ2) is 2.97. The molecule has 0 aromatic heterocycles. The summed E-state index contributed by atoms with van der Waals surface area (Å²) in [6.45, 7) is 3.76. The number of rotatable bonds is 2. The molecule has 44 valence electrons. The van der Waals surface area contributed by atoms with Crippen LogP contribution in [0.4, 0.5) is 4.39 Å². The maximum atomic E-state index is 12.0. The molecule has 0 aliphatic rings. The van der Waals surface area contributed by atoms with Gasteiger partial charge in [-0.15, -0.1) is 0 Å². The Morgan fingerprint density at radius 1 is 1.57 bits per heavy atom. The Morgan fingerprint density at radius 3 is 2.00 bits per heavy atom.